The standard InChI is InChI=1S/C21H13N3O4S/c22-11-16(6-3-5-14-4-1-2-7-18(14)24(25)26)21-23-17(12-29-21)15-8-9-19-20(10-15)28-13-27-19/h1-10,12H,13H2/b5-3+,16-6-. The summed E-state index contributed by atoms with van der Waals surface area (Å²) in [4.78, 5) is 15.2. The Bertz CT molecular complexity index is 1190. The number of nitro groups is 1. The molecular weight excluding hydrogens is 390 g/mol. The monoisotopic (exact) mass is 403 g/mol. The number of ether oxygens (including phenoxy) is 2. The van der Waals surface area contributed by atoms with Crippen molar-refractivity contribution in [3.63, 3.8) is 0 Å². The molecule has 2 heterocycles. The molecule has 142 valence electrons. The molecule has 2 aromatic carbocycles. The zero-order valence-electron chi connectivity index (χ0n) is 14.9. The van der Waals surface area contributed by atoms with Crippen molar-refractivity contribution in [2.24, 2.45) is 0 Å². The zero-order chi connectivity index (χ0) is 20.2. The first-order valence-corrected chi connectivity index (χ1v) is 9.41. The van der Waals surface area contributed by atoms with Crippen molar-refractivity contribution < 1.29 is 14.4 Å². The molecule has 0 saturated heterocycles. The van der Waals surface area contributed by atoms with Crippen LogP contribution in [0.1, 0.15) is 10.6 Å². The van der Waals surface area contributed by atoms with E-state index in [9.17, 15) is 15.4 Å². The van der Waals surface area contributed by atoms with Crippen LogP contribution in [-0.2, 0) is 0 Å². The number of rotatable bonds is 5. The molecule has 0 fully saturated rings. The van der Waals surface area contributed by atoms with E-state index in [0.29, 0.717) is 27.6 Å². The Morgan fingerprint density at radius 2 is 2.07 bits per heavy atom. The van der Waals surface area contributed by atoms with Gasteiger partial charge in [0.2, 0.25) is 6.79 Å². The first-order valence-electron chi connectivity index (χ1n) is 8.53. The molecule has 7 nitrogen and oxygen atoms in total. The minimum absolute atomic E-state index is 0.00926. The lowest BCUT2D eigenvalue weighted by molar-refractivity contribution is -0.385. The van der Waals surface area contributed by atoms with Gasteiger partial charge in [0.15, 0.2) is 11.5 Å². The van der Waals surface area contributed by atoms with Gasteiger partial charge in [-0.3, -0.25) is 10.1 Å². The molecule has 0 bridgehead atoms. The van der Waals surface area contributed by atoms with Crippen LogP contribution >= 0.6 is 11.3 Å². The normalized spacial score (nSPS) is 12.9. The van der Waals surface area contributed by atoms with Crippen LogP contribution in [0.15, 0.2) is 60.0 Å². The third kappa shape index (κ3) is 3.85. The molecule has 8 heteroatoms. The van der Waals surface area contributed by atoms with Gasteiger partial charge in [-0.15, -0.1) is 11.3 Å². The lowest BCUT2D eigenvalue weighted by Crippen LogP contribution is -1.92. The number of thiazole rings is 1. The molecule has 3 aromatic rings. The van der Waals surface area contributed by atoms with Crippen molar-refractivity contribution in [2.75, 3.05) is 6.79 Å². The summed E-state index contributed by atoms with van der Waals surface area (Å²) < 4.78 is 10.7. The predicted molar refractivity (Wildman–Crippen MR) is 109 cm³/mol. The molecule has 0 aliphatic carbocycles. The molecule has 1 aliphatic rings. The summed E-state index contributed by atoms with van der Waals surface area (Å²) in [6.07, 6.45) is 4.81. The number of nitriles is 1. The number of nitro benzene ring substituents is 1. The maximum Gasteiger partial charge on any atom is 0.276 e. The molecule has 1 aliphatic heterocycles. The van der Waals surface area contributed by atoms with Crippen LogP contribution in [0.3, 0.4) is 0 Å². The number of hydrogen-bond acceptors (Lipinski definition) is 7. The smallest absolute Gasteiger partial charge is 0.276 e. The number of aromatic nitrogens is 1. The molecule has 0 radical (unpaired) electrons. The lowest BCUT2D eigenvalue weighted by atomic mass is 10.1. The second-order valence-electron chi connectivity index (χ2n) is 5.97. The molecule has 4 rings (SSSR count). The lowest BCUT2D eigenvalue weighted by Gasteiger charge is -1.99. The van der Waals surface area contributed by atoms with Gasteiger partial charge in [-0.05, 0) is 36.4 Å². The summed E-state index contributed by atoms with van der Waals surface area (Å²) in [7, 11) is 0. The highest BCUT2D eigenvalue weighted by molar-refractivity contribution is 7.11. The maximum atomic E-state index is 11.1. The van der Waals surface area contributed by atoms with Crippen molar-refractivity contribution in [2.45, 2.75) is 0 Å². The third-order valence-electron chi connectivity index (χ3n) is 4.20. The summed E-state index contributed by atoms with van der Waals surface area (Å²) in [5.41, 5.74) is 2.44. The number of fused-ring (bicyclic) bond motifs is 1. The molecular formula is C21H13N3O4S. The Hall–Kier alpha value is -3.96. The maximum absolute atomic E-state index is 11.1. The number of allylic oxidation sites excluding steroid dienone is 3. The highest BCUT2D eigenvalue weighted by atomic mass is 32.1. The minimum atomic E-state index is -0.437. The van der Waals surface area contributed by atoms with E-state index in [1.54, 1.807) is 36.4 Å². The number of para-hydroxylation sites is 1. The van der Waals surface area contributed by atoms with E-state index in [0.717, 1.165) is 11.3 Å². The molecule has 1 aromatic heterocycles. The van der Waals surface area contributed by atoms with E-state index < -0.39 is 4.92 Å². The fraction of sp³-hybridized carbons (Fsp3) is 0.0476. The van der Waals surface area contributed by atoms with E-state index in [2.05, 4.69) is 11.1 Å². The average Bonchev–Trinajstić information content (AvgIpc) is 3.40. The predicted octanol–water partition coefficient (Wildman–Crippen LogP) is 5.07. The van der Waals surface area contributed by atoms with Crippen molar-refractivity contribution >= 4 is 28.7 Å². The van der Waals surface area contributed by atoms with E-state index in [4.69, 9.17) is 9.47 Å². The summed E-state index contributed by atoms with van der Waals surface area (Å²) >= 11 is 1.35. The molecule has 0 unspecified atom stereocenters. The Morgan fingerprint density at radius 1 is 1.24 bits per heavy atom. The van der Waals surface area contributed by atoms with Gasteiger partial charge < -0.3 is 9.47 Å². The Labute approximate surface area is 169 Å². The third-order valence-corrected chi connectivity index (χ3v) is 5.07. The van der Waals surface area contributed by atoms with Gasteiger partial charge in [0.1, 0.15) is 11.1 Å². The largest absolute Gasteiger partial charge is 0.454 e. The van der Waals surface area contributed by atoms with Gasteiger partial charge >= 0.3 is 0 Å². The van der Waals surface area contributed by atoms with Crippen molar-refractivity contribution in [3.05, 3.63) is 80.7 Å². The summed E-state index contributed by atoms with van der Waals surface area (Å²) in [5.74, 6) is 1.36. The van der Waals surface area contributed by atoms with Crippen LogP contribution in [0.25, 0.3) is 22.9 Å². The van der Waals surface area contributed by atoms with Crippen molar-refractivity contribution in [3.8, 4) is 28.8 Å². The van der Waals surface area contributed by atoms with Gasteiger partial charge in [-0.1, -0.05) is 18.2 Å². The van der Waals surface area contributed by atoms with Crippen LogP contribution in [0, 0.1) is 21.4 Å². The fourth-order valence-corrected chi connectivity index (χ4v) is 3.59. The van der Waals surface area contributed by atoms with E-state index in [-0.39, 0.29) is 12.5 Å². The zero-order valence-corrected chi connectivity index (χ0v) is 15.8. The van der Waals surface area contributed by atoms with Gasteiger partial charge in [-0.25, -0.2) is 4.98 Å². The Kier molecular flexibility index (Phi) is 5.05. The summed E-state index contributed by atoms with van der Waals surface area (Å²) in [6, 6.07) is 14.1. The Balaban J connectivity index is 1.58. The number of benzene rings is 2. The number of nitrogens with zero attached hydrogens (tertiary/aromatic N) is 3. The van der Waals surface area contributed by atoms with E-state index >= 15 is 0 Å². The van der Waals surface area contributed by atoms with Crippen LogP contribution in [0.4, 0.5) is 5.69 Å². The van der Waals surface area contributed by atoms with Gasteiger partial charge in [0.05, 0.1) is 21.8 Å². The van der Waals surface area contributed by atoms with Gasteiger partial charge in [-0.2, -0.15) is 5.26 Å². The highest BCUT2D eigenvalue weighted by Gasteiger charge is 2.16. The first-order chi connectivity index (χ1) is 14.2. The van der Waals surface area contributed by atoms with E-state index in [1.165, 1.54) is 17.4 Å². The quantitative estimate of drug-likeness (QED) is 0.255. The topological polar surface area (TPSA) is 98.3 Å². The van der Waals surface area contributed by atoms with Crippen LogP contribution in [0.2, 0.25) is 0 Å². The fourth-order valence-electron chi connectivity index (χ4n) is 2.79. The molecule has 0 atom stereocenters. The highest BCUT2D eigenvalue weighted by Crippen LogP contribution is 2.36. The average molecular weight is 403 g/mol. The molecule has 0 amide bonds. The van der Waals surface area contributed by atoms with Crippen molar-refractivity contribution in [1.29, 1.82) is 5.26 Å². The van der Waals surface area contributed by atoms with Crippen LogP contribution < -0.4 is 9.47 Å². The minimum Gasteiger partial charge on any atom is -0.454 e. The molecule has 29 heavy (non-hydrogen) atoms. The van der Waals surface area contributed by atoms with Crippen LogP contribution in [0.5, 0.6) is 11.5 Å². The second kappa shape index (κ2) is 7.96. The van der Waals surface area contributed by atoms with Gasteiger partial charge in [0.25, 0.3) is 5.69 Å². The van der Waals surface area contributed by atoms with Crippen LogP contribution in [-0.4, -0.2) is 16.7 Å². The molecule has 0 spiro atoms. The molecule has 0 saturated carbocycles. The number of hydrogen-bond donors (Lipinski definition) is 0. The Morgan fingerprint density at radius 3 is 2.90 bits per heavy atom. The second-order valence-corrected chi connectivity index (χ2v) is 6.83. The summed E-state index contributed by atoms with van der Waals surface area (Å²) in [5, 5.41) is 23.0. The SMILES string of the molecule is N#C/C(=C/C=C/c1ccccc1[N+](=O)[O-])c1nc(-c2ccc3c(c2)OCO3)cs1. The van der Waals surface area contributed by atoms with Crippen molar-refractivity contribution in [1.82, 2.24) is 4.98 Å². The van der Waals surface area contributed by atoms with E-state index in [1.807, 2.05) is 23.6 Å². The molecule has 0 N–H and O–H groups in total. The first kappa shape index (κ1) is 18.4. The van der Waals surface area contributed by atoms with Gasteiger partial charge in [0, 0.05) is 17.0 Å². The summed E-state index contributed by atoms with van der Waals surface area (Å²) in [6.45, 7) is 0.203.